The van der Waals surface area contributed by atoms with Gasteiger partial charge in [0, 0.05) is 13.1 Å². The largest absolute Gasteiger partial charge is 0.471 e. The molecule has 0 fully saturated rings. The zero-order chi connectivity index (χ0) is 11.7. The van der Waals surface area contributed by atoms with Crippen LogP contribution in [0.2, 0.25) is 0 Å². The number of anilines is 1. The van der Waals surface area contributed by atoms with E-state index >= 15 is 0 Å². The van der Waals surface area contributed by atoms with E-state index in [4.69, 9.17) is 9.47 Å². The van der Waals surface area contributed by atoms with Crippen LogP contribution in [0, 0.1) is 5.82 Å². The van der Waals surface area contributed by atoms with Crippen LogP contribution in [0.1, 0.15) is 6.92 Å². The first-order valence-corrected chi connectivity index (χ1v) is 5.69. The number of ether oxygens (including phenoxy) is 2. The summed E-state index contributed by atoms with van der Waals surface area (Å²) in [4.78, 5) is 5.79. The lowest BCUT2D eigenvalue weighted by atomic mass is 10.3. The van der Waals surface area contributed by atoms with Crippen molar-refractivity contribution in [1.82, 2.24) is 4.98 Å². The van der Waals surface area contributed by atoms with Crippen LogP contribution in [0.15, 0.2) is 10.7 Å². The minimum absolute atomic E-state index is 0.0997. The molecule has 0 bridgehead atoms. The summed E-state index contributed by atoms with van der Waals surface area (Å²) in [5.41, 5.74) is 0.590. The highest BCUT2D eigenvalue weighted by atomic mass is 79.9. The van der Waals surface area contributed by atoms with Crippen LogP contribution < -0.4 is 9.64 Å². The first-order chi connectivity index (χ1) is 7.58. The Bertz CT molecular complexity index is 403. The number of pyridine rings is 1. The van der Waals surface area contributed by atoms with Crippen LogP contribution in [0.3, 0.4) is 0 Å². The molecule has 88 valence electrons. The number of halogens is 2. The molecular weight excluding hydrogens is 279 g/mol. The molecule has 1 aliphatic heterocycles. The van der Waals surface area contributed by atoms with E-state index in [9.17, 15) is 4.39 Å². The molecule has 2 heterocycles. The number of hydrogen-bond acceptors (Lipinski definition) is 4. The van der Waals surface area contributed by atoms with Crippen molar-refractivity contribution in [1.29, 1.82) is 0 Å². The van der Waals surface area contributed by atoms with Gasteiger partial charge >= 0.3 is 0 Å². The predicted molar refractivity (Wildman–Crippen MR) is 61.2 cm³/mol. The maximum Gasteiger partial charge on any atom is 0.239 e. The van der Waals surface area contributed by atoms with Gasteiger partial charge in [0.15, 0.2) is 5.82 Å². The molecule has 1 atom stereocenters. The Morgan fingerprint density at radius 1 is 1.62 bits per heavy atom. The summed E-state index contributed by atoms with van der Waals surface area (Å²) in [7, 11) is 1.80. The summed E-state index contributed by atoms with van der Waals surface area (Å²) in [6.07, 6.45) is -0.0997. The van der Waals surface area contributed by atoms with Crippen molar-refractivity contribution in [2.75, 3.05) is 25.3 Å². The van der Waals surface area contributed by atoms with Gasteiger partial charge in [0.25, 0.3) is 0 Å². The summed E-state index contributed by atoms with van der Waals surface area (Å²) in [5, 5.41) is 0. The molecule has 0 unspecified atom stereocenters. The number of fused-ring (bicyclic) bond motifs is 1. The van der Waals surface area contributed by atoms with Crippen molar-refractivity contribution in [3.8, 4) is 5.88 Å². The third kappa shape index (κ3) is 2.27. The molecule has 0 saturated carbocycles. The molecule has 0 amide bonds. The highest BCUT2D eigenvalue weighted by Crippen LogP contribution is 2.31. The SMILES string of the molecule is C[C@@H]1COCN(C)c2cc(F)c(Br)nc2O1. The fraction of sp³-hybridized carbons (Fsp3) is 0.500. The highest BCUT2D eigenvalue weighted by molar-refractivity contribution is 9.10. The van der Waals surface area contributed by atoms with Gasteiger partial charge in [0.1, 0.15) is 23.1 Å². The maximum absolute atomic E-state index is 13.4. The molecule has 1 aromatic rings. The minimum atomic E-state index is -0.414. The predicted octanol–water partition coefficient (Wildman–Crippen LogP) is 2.17. The summed E-state index contributed by atoms with van der Waals surface area (Å²) in [6, 6.07) is 1.38. The van der Waals surface area contributed by atoms with Crippen LogP contribution >= 0.6 is 15.9 Å². The lowest BCUT2D eigenvalue weighted by Gasteiger charge is -2.27. The Morgan fingerprint density at radius 3 is 3.12 bits per heavy atom. The van der Waals surface area contributed by atoms with Crippen molar-refractivity contribution >= 4 is 21.6 Å². The molecular formula is C10H12BrFN2O2. The molecule has 16 heavy (non-hydrogen) atoms. The monoisotopic (exact) mass is 290 g/mol. The second kappa shape index (κ2) is 4.55. The van der Waals surface area contributed by atoms with E-state index in [0.29, 0.717) is 24.9 Å². The van der Waals surface area contributed by atoms with E-state index < -0.39 is 5.82 Å². The van der Waals surface area contributed by atoms with Crippen LogP contribution in [-0.2, 0) is 4.74 Å². The van der Waals surface area contributed by atoms with E-state index in [1.807, 2.05) is 6.92 Å². The Hall–Kier alpha value is -0.880. The molecule has 0 aromatic carbocycles. The topological polar surface area (TPSA) is 34.6 Å². The number of hydrogen-bond donors (Lipinski definition) is 0. The molecule has 0 N–H and O–H groups in total. The zero-order valence-electron chi connectivity index (χ0n) is 9.04. The Balaban J connectivity index is 2.44. The van der Waals surface area contributed by atoms with Crippen LogP contribution in [0.4, 0.5) is 10.1 Å². The average molecular weight is 291 g/mol. The average Bonchev–Trinajstić information content (AvgIpc) is 2.21. The van der Waals surface area contributed by atoms with Crippen molar-refractivity contribution < 1.29 is 13.9 Å². The van der Waals surface area contributed by atoms with Gasteiger partial charge in [-0.3, -0.25) is 0 Å². The fourth-order valence-electron chi connectivity index (χ4n) is 1.45. The summed E-state index contributed by atoms with van der Waals surface area (Å²) < 4.78 is 24.5. The minimum Gasteiger partial charge on any atom is -0.471 e. The van der Waals surface area contributed by atoms with Gasteiger partial charge in [-0.2, -0.15) is 0 Å². The quantitative estimate of drug-likeness (QED) is 0.686. The lowest BCUT2D eigenvalue weighted by molar-refractivity contribution is 0.0506. The number of rotatable bonds is 0. The third-order valence-corrected chi connectivity index (χ3v) is 2.80. The van der Waals surface area contributed by atoms with E-state index in [1.165, 1.54) is 6.07 Å². The maximum atomic E-state index is 13.4. The van der Waals surface area contributed by atoms with E-state index in [0.717, 1.165) is 0 Å². The summed E-state index contributed by atoms with van der Waals surface area (Å²) >= 11 is 3.04. The lowest BCUT2D eigenvalue weighted by Crippen LogP contribution is -2.30. The summed E-state index contributed by atoms with van der Waals surface area (Å²) in [6.45, 7) is 2.76. The molecule has 0 radical (unpaired) electrons. The standard InChI is InChI=1S/C10H12BrFN2O2/c1-6-4-15-5-14(2)8-3-7(12)9(11)13-10(8)16-6/h3,6H,4-5H2,1-2H3/t6-/m1/s1. The van der Waals surface area contributed by atoms with Gasteiger partial charge in [-0.05, 0) is 22.9 Å². The molecule has 1 aromatic heterocycles. The highest BCUT2D eigenvalue weighted by Gasteiger charge is 2.19. The van der Waals surface area contributed by atoms with Gasteiger partial charge in [-0.25, -0.2) is 9.37 Å². The second-order valence-corrected chi connectivity index (χ2v) is 4.46. The normalized spacial score (nSPS) is 20.8. The van der Waals surface area contributed by atoms with Gasteiger partial charge in [-0.15, -0.1) is 0 Å². The van der Waals surface area contributed by atoms with Crippen molar-refractivity contribution in [3.63, 3.8) is 0 Å². The zero-order valence-corrected chi connectivity index (χ0v) is 10.6. The van der Waals surface area contributed by atoms with E-state index in [-0.39, 0.29) is 10.7 Å². The summed E-state index contributed by atoms with van der Waals surface area (Å²) in [5.74, 6) is 0.00833. The smallest absolute Gasteiger partial charge is 0.239 e. The van der Waals surface area contributed by atoms with Crippen molar-refractivity contribution in [3.05, 3.63) is 16.5 Å². The number of nitrogens with zero attached hydrogens (tertiary/aromatic N) is 2. The Labute approximate surface area is 101 Å². The van der Waals surface area contributed by atoms with Gasteiger partial charge in [-0.1, -0.05) is 0 Å². The molecule has 0 aliphatic carbocycles. The van der Waals surface area contributed by atoms with Crippen LogP contribution in [0.5, 0.6) is 5.88 Å². The van der Waals surface area contributed by atoms with Crippen molar-refractivity contribution in [2.24, 2.45) is 0 Å². The van der Waals surface area contributed by atoms with Crippen LogP contribution in [-0.4, -0.2) is 31.5 Å². The van der Waals surface area contributed by atoms with E-state index in [2.05, 4.69) is 20.9 Å². The first kappa shape index (κ1) is 11.6. The Kier molecular flexibility index (Phi) is 3.30. The third-order valence-electron chi connectivity index (χ3n) is 2.24. The molecule has 2 rings (SSSR count). The van der Waals surface area contributed by atoms with Crippen LogP contribution in [0.25, 0.3) is 0 Å². The molecule has 0 spiro atoms. The molecule has 6 heteroatoms. The van der Waals surface area contributed by atoms with Crippen molar-refractivity contribution in [2.45, 2.75) is 13.0 Å². The molecule has 4 nitrogen and oxygen atoms in total. The van der Waals surface area contributed by atoms with Gasteiger partial charge < -0.3 is 14.4 Å². The van der Waals surface area contributed by atoms with Gasteiger partial charge in [0.2, 0.25) is 5.88 Å². The molecule has 1 aliphatic rings. The first-order valence-electron chi connectivity index (χ1n) is 4.89. The van der Waals surface area contributed by atoms with Gasteiger partial charge in [0.05, 0.1) is 6.61 Å². The molecule has 0 saturated heterocycles. The fourth-order valence-corrected chi connectivity index (χ4v) is 1.73. The Morgan fingerprint density at radius 2 is 2.38 bits per heavy atom. The van der Waals surface area contributed by atoms with E-state index in [1.54, 1.807) is 11.9 Å². The second-order valence-electron chi connectivity index (χ2n) is 3.71. The number of aromatic nitrogens is 1.